The van der Waals surface area contributed by atoms with Gasteiger partial charge in [-0.2, -0.15) is 0 Å². The summed E-state index contributed by atoms with van der Waals surface area (Å²) in [6, 6.07) is 19.4. The molecule has 2 aromatic carbocycles. The number of benzene rings is 2. The summed E-state index contributed by atoms with van der Waals surface area (Å²) in [5, 5.41) is 2.50. The van der Waals surface area contributed by atoms with E-state index in [0.717, 1.165) is 11.6 Å². The molecule has 1 aliphatic rings. The highest BCUT2D eigenvalue weighted by atomic mass is 14.7. The van der Waals surface area contributed by atoms with Crippen LogP contribution in [0.4, 0.5) is 0 Å². The molecule has 0 radical (unpaired) electrons. The van der Waals surface area contributed by atoms with E-state index >= 15 is 0 Å². The van der Waals surface area contributed by atoms with Crippen molar-refractivity contribution in [2.45, 2.75) is 25.7 Å². The summed E-state index contributed by atoms with van der Waals surface area (Å²) in [5.74, 6) is 0.758. The van der Waals surface area contributed by atoms with Gasteiger partial charge >= 0.3 is 0 Å². The third-order valence-electron chi connectivity index (χ3n) is 5.13. The van der Waals surface area contributed by atoms with Crippen LogP contribution in [0.3, 0.4) is 0 Å². The molecule has 1 nitrogen and oxygen atoms in total. The van der Waals surface area contributed by atoms with Gasteiger partial charge < -0.3 is 0 Å². The lowest BCUT2D eigenvalue weighted by atomic mass is 9.88. The van der Waals surface area contributed by atoms with Gasteiger partial charge in [0, 0.05) is 17.1 Å². The van der Waals surface area contributed by atoms with Crippen molar-refractivity contribution >= 4 is 10.8 Å². The van der Waals surface area contributed by atoms with Gasteiger partial charge in [0.15, 0.2) is 0 Å². The Bertz CT molecular complexity index is 815. The molecule has 0 saturated heterocycles. The van der Waals surface area contributed by atoms with Crippen LogP contribution < -0.4 is 0 Å². The van der Waals surface area contributed by atoms with E-state index in [2.05, 4.69) is 68.4 Å². The molecule has 2 atom stereocenters. The summed E-state index contributed by atoms with van der Waals surface area (Å²) in [5.41, 5.74) is 4.17. The SMILES string of the molecule is CC1CC1(C)c1ccccc1-c1nccc2ccccc12. The van der Waals surface area contributed by atoms with Gasteiger partial charge in [-0.15, -0.1) is 0 Å². The number of rotatable bonds is 2. The minimum Gasteiger partial charge on any atom is -0.256 e. The third kappa shape index (κ3) is 1.88. The summed E-state index contributed by atoms with van der Waals surface area (Å²) in [6.07, 6.45) is 3.20. The first-order valence-corrected chi connectivity index (χ1v) is 7.64. The topological polar surface area (TPSA) is 12.9 Å². The molecule has 0 spiro atoms. The van der Waals surface area contributed by atoms with Gasteiger partial charge in [-0.1, -0.05) is 62.4 Å². The molecule has 0 bridgehead atoms. The number of aromatic nitrogens is 1. The van der Waals surface area contributed by atoms with Crippen molar-refractivity contribution in [2.75, 3.05) is 0 Å². The summed E-state index contributed by atoms with van der Waals surface area (Å²) >= 11 is 0. The molecular weight excluding hydrogens is 254 g/mol. The Hall–Kier alpha value is -2.15. The van der Waals surface area contributed by atoms with Gasteiger partial charge in [0.05, 0.1) is 5.69 Å². The third-order valence-corrected chi connectivity index (χ3v) is 5.13. The molecule has 0 aliphatic heterocycles. The lowest BCUT2D eigenvalue weighted by molar-refractivity contribution is 0.703. The number of hydrogen-bond donors (Lipinski definition) is 0. The van der Waals surface area contributed by atoms with E-state index in [9.17, 15) is 0 Å². The van der Waals surface area contributed by atoms with Gasteiger partial charge in [0.1, 0.15) is 0 Å². The molecule has 0 N–H and O–H groups in total. The molecule has 3 aromatic rings. The maximum Gasteiger partial charge on any atom is 0.0783 e. The van der Waals surface area contributed by atoms with Crippen molar-refractivity contribution in [2.24, 2.45) is 5.92 Å². The van der Waals surface area contributed by atoms with Crippen LogP contribution in [0.1, 0.15) is 25.8 Å². The maximum atomic E-state index is 4.70. The van der Waals surface area contributed by atoms with Crippen molar-refractivity contribution in [3.8, 4) is 11.3 Å². The van der Waals surface area contributed by atoms with Crippen molar-refractivity contribution in [1.82, 2.24) is 4.98 Å². The quantitative estimate of drug-likeness (QED) is 0.625. The fourth-order valence-electron chi connectivity index (χ4n) is 3.47. The van der Waals surface area contributed by atoms with E-state index in [0.29, 0.717) is 5.41 Å². The van der Waals surface area contributed by atoms with Crippen molar-refractivity contribution in [1.29, 1.82) is 0 Å². The van der Waals surface area contributed by atoms with Crippen molar-refractivity contribution in [3.05, 3.63) is 66.4 Å². The summed E-state index contributed by atoms with van der Waals surface area (Å²) in [7, 11) is 0. The minimum atomic E-state index is 0.315. The van der Waals surface area contributed by atoms with Gasteiger partial charge in [-0.05, 0) is 34.8 Å². The van der Waals surface area contributed by atoms with E-state index in [1.54, 1.807) is 0 Å². The Morgan fingerprint density at radius 2 is 1.71 bits per heavy atom. The second-order valence-electron chi connectivity index (χ2n) is 6.45. The fraction of sp³-hybridized carbons (Fsp3) is 0.250. The lowest BCUT2D eigenvalue weighted by Gasteiger charge is -2.17. The minimum absolute atomic E-state index is 0.315. The molecule has 1 heteroatoms. The first-order chi connectivity index (χ1) is 10.2. The number of hydrogen-bond acceptors (Lipinski definition) is 1. The van der Waals surface area contributed by atoms with Crippen LogP contribution >= 0.6 is 0 Å². The van der Waals surface area contributed by atoms with Gasteiger partial charge in [-0.25, -0.2) is 0 Å². The standard InChI is InChI=1S/C20H19N/c1-14-13-20(14,2)18-10-6-5-9-17(18)19-16-8-4-3-7-15(16)11-12-21-19/h3-12,14H,13H2,1-2H3. The zero-order valence-corrected chi connectivity index (χ0v) is 12.5. The molecule has 4 rings (SSSR count). The zero-order chi connectivity index (χ0) is 14.4. The molecule has 1 heterocycles. The van der Waals surface area contributed by atoms with Gasteiger partial charge in [-0.3, -0.25) is 4.98 Å². The van der Waals surface area contributed by atoms with Crippen LogP contribution in [-0.2, 0) is 5.41 Å². The van der Waals surface area contributed by atoms with Crippen LogP contribution in [0.2, 0.25) is 0 Å². The first-order valence-electron chi connectivity index (χ1n) is 7.64. The Labute approximate surface area is 125 Å². The summed E-state index contributed by atoms with van der Waals surface area (Å²) < 4.78 is 0. The average molecular weight is 273 g/mol. The molecule has 1 saturated carbocycles. The fourth-order valence-corrected chi connectivity index (χ4v) is 3.47. The van der Waals surface area contributed by atoms with E-state index < -0.39 is 0 Å². The van der Waals surface area contributed by atoms with Crippen LogP contribution in [-0.4, -0.2) is 4.98 Å². The monoisotopic (exact) mass is 273 g/mol. The molecule has 1 aliphatic carbocycles. The van der Waals surface area contributed by atoms with E-state index in [1.807, 2.05) is 6.20 Å². The zero-order valence-electron chi connectivity index (χ0n) is 12.5. The Morgan fingerprint density at radius 1 is 1.00 bits per heavy atom. The predicted molar refractivity (Wildman–Crippen MR) is 88.3 cm³/mol. The van der Waals surface area contributed by atoms with Gasteiger partial charge in [0.25, 0.3) is 0 Å². The molecule has 1 fully saturated rings. The summed E-state index contributed by atoms with van der Waals surface area (Å²) in [6.45, 7) is 4.72. The number of fused-ring (bicyclic) bond motifs is 1. The van der Waals surface area contributed by atoms with E-state index in [4.69, 9.17) is 4.98 Å². The first kappa shape index (κ1) is 12.6. The Morgan fingerprint density at radius 3 is 2.52 bits per heavy atom. The Balaban J connectivity index is 1.98. The largest absolute Gasteiger partial charge is 0.256 e. The predicted octanol–water partition coefficient (Wildman–Crippen LogP) is 5.20. The number of pyridine rings is 1. The second kappa shape index (κ2) is 4.42. The highest BCUT2D eigenvalue weighted by Crippen LogP contribution is 2.55. The normalized spacial score (nSPS) is 24.2. The van der Waals surface area contributed by atoms with Crippen molar-refractivity contribution < 1.29 is 0 Å². The number of nitrogens with zero attached hydrogens (tertiary/aromatic N) is 1. The second-order valence-corrected chi connectivity index (χ2v) is 6.45. The van der Waals surface area contributed by atoms with Crippen LogP contribution in [0, 0.1) is 5.92 Å². The average Bonchev–Trinajstić information content (AvgIpc) is 3.15. The molecule has 104 valence electrons. The highest BCUT2D eigenvalue weighted by Gasteiger charge is 2.48. The molecular formula is C20H19N. The van der Waals surface area contributed by atoms with Gasteiger partial charge in [0.2, 0.25) is 0 Å². The van der Waals surface area contributed by atoms with Crippen molar-refractivity contribution in [3.63, 3.8) is 0 Å². The maximum absolute atomic E-state index is 4.70. The lowest BCUT2D eigenvalue weighted by Crippen LogP contribution is -2.06. The molecule has 2 unspecified atom stereocenters. The molecule has 21 heavy (non-hydrogen) atoms. The summed E-state index contributed by atoms with van der Waals surface area (Å²) in [4.78, 5) is 4.70. The highest BCUT2D eigenvalue weighted by molar-refractivity contribution is 5.95. The van der Waals surface area contributed by atoms with E-state index in [-0.39, 0.29) is 0 Å². The molecule has 0 amide bonds. The van der Waals surface area contributed by atoms with Crippen LogP contribution in [0.15, 0.2) is 60.8 Å². The van der Waals surface area contributed by atoms with Crippen LogP contribution in [0.5, 0.6) is 0 Å². The Kier molecular flexibility index (Phi) is 2.65. The molecule has 1 aromatic heterocycles. The van der Waals surface area contributed by atoms with Crippen LogP contribution in [0.25, 0.3) is 22.0 Å². The smallest absolute Gasteiger partial charge is 0.0783 e. The van der Waals surface area contributed by atoms with E-state index in [1.165, 1.54) is 28.3 Å².